The SMILES string of the molecule is CCCC(C)(CNC(C)(C)C)COCC. The van der Waals surface area contributed by atoms with Gasteiger partial charge < -0.3 is 10.1 Å². The van der Waals surface area contributed by atoms with E-state index in [1.165, 1.54) is 12.8 Å². The van der Waals surface area contributed by atoms with E-state index in [0.717, 1.165) is 19.8 Å². The molecule has 0 saturated heterocycles. The van der Waals surface area contributed by atoms with E-state index in [1.54, 1.807) is 0 Å². The van der Waals surface area contributed by atoms with E-state index >= 15 is 0 Å². The van der Waals surface area contributed by atoms with E-state index < -0.39 is 0 Å². The fraction of sp³-hybridized carbons (Fsp3) is 1.00. The Hall–Kier alpha value is -0.0800. The standard InChI is InChI=1S/C13H29NO/c1-7-9-13(6,11-15-8-2)10-14-12(3,4)5/h14H,7-11H2,1-6H3. The third-order valence-corrected chi connectivity index (χ3v) is 2.55. The maximum Gasteiger partial charge on any atom is 0.0531 e. The average molecular weight is 215 g/mol. The van der Waals surface area contributed by atoms with Gasteiger partial charge in [0.2, 0.25) is 0 Å². The van der Waals surface area contributed by atoms with Crippen LogP contribution >= 0.6 is 0 Å². The van der Waals surface area contributed by atoms with Gasteiger partial charge in [0.25, 0.3) is 0 Å². The van der Waals surface area contributed by atoms with Gasteiger partial charge in [0.15, 0.2) is 0 Å². The van der Waals surface area contributed by atoms with E-state index in [0.29, 0.717) is 0 Å². The topological polar surface area (TPSA) is 21.3 Å². The molecular formula is C13H29NO. The fourth-order valence-corrected chi connectivity index (χ4v) is 1.64. The van der Waals surface area contributed by atoms with Gasteiger partial charge in [0.1, 0.15) is 0 Å². The first-order valence-corrected chi connectivity index (χ1v) is 6.16. The van der Waals surface area contributed by atoms with E-state index in [4.69, 9.17) is 4.74 Å². The lowest BCUT2D eigenvalue weighted by Crippen LogP contribution is -2.44. The van der Waals surface area contributed by atoms with Crippen LogP contribution in [-0.4, -0.2) is 25.3 Å². The van der Waals surface area contributed by atoms with Crippen molar-refractivity contribution in [2.45, 2.75) is 59.9 Å². The Balaban J connectivity index is 4.11. The van der Waals surface area contributed by atoms with E-state index in [1.807, 2.05) is 0 Å². The molecule has 1 N–H and O–H groups in total. The van der Waals surface area contributed by atoms with Crippen LogP contribution in [0.1, 0.15) is 54.4 Å². The Morgan fingerprint density at radius 1 is 1.07 bits per heavy atom. The largest absolute Gasteiger partial charge is 0.381 e. The van der Waals surface area contributed by atoms with Crippen molar-refractivity contribution in [2.75, 3.05) is 19.8 Å². The van der Waals surface area contributed by atoms with Crippen molar-refractivity contribution >= 4 is 0 Å². The van der Waals surface area contributed by atoms with Crippen LogP contribution in [0.2, 0.25) is 0 Å². The zero-order chi connectivity index (χ0) is 11.9. The Labute approximate surface area is 95.8 Å². The molecule has 2 nitrogen and oxygen atoms in total. The molecule has 0 radical (unpaired) electrons. The molecule has 0 rings (SSSR count). The lowest BCUT2D eigenvalue weighted by Gasteiger charge is -2.33. The molecule has 2 heteroatoms. The zero-order valence-electron chi connectivity index (χ0n) is 11.4. The molecule has 92 valence electrons. The molecule has 0 amide bonds. The highest BCUT2D eigenvalue weighted by Gasteiger charge is 2.25. The Morgan fingerprint density at radius 3 is 2.07 bits per heavy atom. The first-order chi connectivity index (χ1) is 6.83. The van der Waals surface area contributed by atoms with Gasteiger partial charge in [0, 0.05) is 24.1 Å². The summed E-state index contributed by atoms with van der Waals surface area (Å²) in [5.74, 6) is 0. The first-order valence-electron chi connectivity index (χ1n) is 6.16. The first kappa shape index (κ1) is 14.9. The second kappa shape index (κ2) is 6.49. The summed E-state index contributed by atoms with van der Waals surface area (Å²) in [5.41, 5.74) is 0.471. The van der Waals surface area contributed by atoms with Gasteiger partial charge in [-0.3, -0.25) is 0 Å². The molecule has 15 heavy (non-hydrogen) atoms. The minimum absolute atomic E-state index is 0.196. The molecule has 0 aromatic carbocycles. The third kappa shape index (κ3) is 7.80. The predicted molar refractivity (Wildman–Crippen MR) is 67.3 cm³/mol. The van der Waals surface area contributed by atoms with E-state index in [2.05, 4.69) is 46.9 Å². The molecule has 0 fully saturated rings. The fourth-order valence-electron chi connectivity index (χ4n) is 1.64. The number of hydrogen-bond acceptors (Lipinski definition) is 2. The van der Waals surface area contributed by atoms with Crippen LogP contribution in [-0.2, 0) is 4.74 Å². The second-order valence-electron chi connectivity index (χ2n) is 5.80. The molecule has 0 aromatic rings. The molecule has 1 atom stereocenters. The molecule has 1 unspecified atom stereocenters. The maximum absolute atomic E-state index is 5.58. The van der Waals surface area contributed by atoms with Gasteiger partial charge in [-0.1, -0.05) is 20.3 Å². The van der Waals surface area contributed by atoms with Gasteiger partial charge in [-0.25, -0.2) is 0 Å². The van der Waals surface area contributed by atoms with Crippen molar-refractivity contribution < 1.29 is 4.74 Å². The maximum atomic E-state index is 5.58. The highest BCUT2D eigenvalue weighted by molar-refractivity contribution is 4.81. The second-order valence-corrected chi connectivity index (χ2v) is 5.80. The van der Waals surface area contributed by atoms with E-state index in [-0.39, 0.29) is 11.0 Å². The lowest BCUT2D eigenvalue weighted by molar-refractivity contribution is 0.0511. The number of rotatable bonds is 7. The average Bonchev–Trinajstić information content (AvgIpc) is 2.12. The summed E-state index contributed by atoms with van der Waals surface area (Å²) in [5, 5.41) is 3.58. The summed E-state index contributed by atoms with van der Waals surface area (Å²) in [6, 6.07) is 0. The van der Waals surface area contributed by atoms with Crippen LogP contribution in [0.25, 0.3) is 0 Å². The Morgan fingerprint density at radius 2 is 1.67 bits per heavy atom. The number of ether oxygens (including phenoxy) is 1. The van der Waals surface area contributed by atoms with Crippen molar-refractivity contribution in [1.29, 1.82) is 0 Å². The molecule has 0 aromatic heterocycles. The number of nitrogens with one attached hydrogen (secondary N) is 1. The minimum atomic E-state index is 0.196. The summed E-state index contributed by atoms with van der Waals surface area (Å²) in [6.07, 6.45) is 2.44. The molecule has 0 aliphatic heterocycles. The monoisotopic (exact) mass is 215 g/mol. The molecule has 0 bridgehead atoms. The van der Waals surface area contributed by atoms with Crippen LogP contribution in [0.5, 0.6) is 0 Å². The van der Waals surface area contributed by atoms with Crippen molar-refractivity contribution in [1.82, 2.24) is 5.32 Å². The van der Waals surface area contributed by atoms with Crippen molar-refractivity contribution in [3.05, 3.63) is 0 Å². The summed E-state index contributed by atoms with van der Waals surface area (Å²) in [7, 11) is 0. The number of hydrogen-bond donors (Lipinski definition) is 1. The normalized spacial score (nSPS) is 16.4. The predicted octanol–water partition coefficient (Wildman–Crippen LogP) is 3.22. The van der Waals surface area contributed by atoms with Crippen LogP contribution < -0.4 is 5.32 Å². The van der Waals surface area contributed by atoms with Crippen LogP contribution in [0.15, 0.2) is 0 Å². The van der Waals surface area contributed by atoms with Gasteiger partial charge in [-0.15, -0.1) is 0 Å². The molecule has 0 saturated carbocycles. The molecule has 0 aliphatic rings. The molecule has 0 heterocycles. The summed E-state index contributed by atoms with van der Waals surface area (Å²) in [6.45, 7) is 15.9. The summed E-state index contributed by atoms with van der Waals surface area (Å²) >= 11 is 0. The Kier molecular flexibility index (Phi) is 6.46. The summed E-state index contributed by atoms with van der Waals surface area (Å²) < 4.78 is 5.58. The minimum Gasteiger partial charge on any atom is -0.381 e. The molecular weight excluding hydrogens is 186 g/mol. The van der Waals surface area contributed by atoms with Crippen LogP contribution in [0, 0.1) is 5.41 Å². The molecule has 0 spiro atoms. The van der Waals surface area contributed by atoms with Crippen LogP contribution in [0.3, 0.4) is 0 Å². The van der Waals surface area contributed by atoms with Gasteiger partial charge in [-0.2, -0.15) is 0 Å². The van der Waals surface area contributed by atoms with E-state index in [9.17, 15) is 0 Å². The van der Waals surface area contributed by atoms with Gasteiger partial charge in [0.05, 0.1) is 6.61 Å². The van der Waals surface area contributed by atoms with Crippen molar-refractivity contribution in [2.24, 2.45) is 5.41 Å². The quantitative estimate of drug-likeness (QED) is 0.704. The van der Waals surface area contributed by atoms with Gasteiger partial charge >= 0.3 is 0 Å². The summed E-state index contributed by atoms with van der Waals surface area (Å²) in [4.78, 5) is 0. The third-order valence-electron chi connectivity index (χ3n) is 2.55. The molecule has 0 aliphatic carbocycles. The highest BCUT2D eigenvalue weighted by atomic mass is 16.5. The van der Waals surface area contributed by atoms with Gasteiger partial charge in [-0.05, 0) is 34.1 Å². The Bertz CT molecular complexity index is 162. The zero-order valence-corrected chi connectivity index (χ0v) is 11.4. The van der Waals surface area contributed by atoms with Crippen molar-refractivity contribution in [3.8, 4) is 0 Å². The van der Waals surface area contributed by atoms with Crippen molar-refractivity contribution in [3.63, 3.8) is 0 Å². The highest BCUT2D eigenvalue weighted by Crippen LogP contribution is 2.23. The lowest BCUT2D eigenvalue weighted by atomic mass is 9.85. The van der Waals surface area contributed by atoms with Crippen LogP contribution in [0.4, 0.5) is 0 Å². The smallest absolute Gasteiger partial charge is 0.0531 e.